The van der Waals surface area contributed by atoms with Crippen molar-refractivity contribution in [3.8, 4) is 0 Å². The minimum Gasteiger partial charge on any atom is -0.387 e. The maximum Gasteiger partial charge on any atom is 0.236 e. The van der Waals surface area contributed by atoms with Crippen molar-refractivity contribution in [3.63, 3.8) is 0 Å². The van der Waals surface area contributed by atoms with Crippen molar-refractivity contribution >= 4 is 5.91 Å². The van der Waals surface area contributed by atoms with E-state index < -0.39 is 6.10 Å². The second kappa shape index (κ2) is 7.54. The summed E-state index contributed by atoms with van der Waals surface area (Å²) in [5.74, 6) is 0.153. The van der Waals surface area contributed by atoms with Crippen molar-refractivity contribution in [2.24, 2.45) is 5.73 Å². The van der Waals surface area contributed by atoms with Gasteiger partial charge in [-0.25, -0.2) is 0 Å². The van der Waals surface area contributed by atoms with E-state index >= 15 is 0 Å². The number of rotatable bonds is 6. The Morgan fingerprint density at radius 3 is 2.52 bits per heavy atom. The molecule has 1 fully saturated rings. The summed E-state index contributed by atoms with van der Waals surface area (Å²) >= 11 is 0. The summed E-state index contributed by atoms with van der Waals surface area (Å²) in [7, 11) is 1.87. The predicted molar refractivity (Wildman–Crippen MR) is 82.6 cm³/mol. The lowest BCUT2D eigenvalue weighted by Gasteiger charge is -2.23. The van der Waals surface area contributed by atoms with E-state index in [4.69, 9.17) is 5.73 Å². The first kappa shape index (κ1) is 15.9. The lowest BCUT2D eigenvalue weighted by atomic mass is 10.1. The van der Waals surface area contributed by atoms with E-state index in [0.29, 0.717) is 19.6 Å². The van der Waals surface area contributed by atoms with Gasteiger partial charge in [-0.05, 0) is 31.0 Å². The van der Waals surface area contributed by atoms with Gasteiger partial charge in [0.15, 0.2) is 0 Å². The topological polar surface area (TPSA) is 69.8 Å². The Morgan fingerprint density at radius 2 is 1.95 bits per heavy atom. The zero-order valence-corrected chi connectivity index (χ0v) is 12.7. The lowest BCUT2D eigenvalue weighted by molar-refractivity contribution is -0.131. The average Bonchev–Trinajstić information content (AvgIpc) is 3.01. The van der Waals surface area contributed by atoms with Crippen LogP contribution in [-0.4, -0.2) is 54.0 Å². The van der Waals surface area contributed by atoms with E-state index in [1.807, 2.05) is 41.1 Å². The summed E-state index contributed by atoms with van der Waals surface area (Å²) in [5.41, 5.74) is 7.46. The highest BCUT2D eigenvalue weighted by Gasteiger charge is 2.20. The van der Waals surface area contributed by atoms with Crippen LogP contribution in [0.1, 0.15) is 30.1 Å². The van der Waals surface area contributed by atoms with Crippen LogP contribution in [0.3, 0.4) is 0 Å². The molecule has 1 aliphatic heterocycles. The third-order valence-electron chi connectivity index (χ3n) is 3.95. The fourth-order valence-corrected chi connectivity index (χ4v) is 2.64. The number of aliphatic hydroxyl groups is 1. The highest BCUT2D eigenvalue weighted by atomic mass is 16.3. The van der Waals surface area contributed by atoms with Crippen molar-refractivity contribution in [1.82, 2.24) is 9.80 Å². The number of amides is 1. The molecule has 2 rings (SSSR count). The molecule has 1 aliphatic rings. The number of likely N-dealkylation sites (N-methyl/N-ethyl adjacent to an activating group) is 1. The van der Waals surface area contributed by atoms with Crippen LogP contribution in [0.25, 0.3) is 0 Å². The van der Waals surface area contributed by atoms with Crippen LogP contribution in [0.2, 0.25) is 0 Å². The highest BCUT2D eigenvalue weighted by molar-refractivity contribution is 5.78. The Balaban J connectivity index is 1.82. The van der Waals surface area contributed by atoms with Crippen LogP contribution in [0.4, 0.5) is 0 Å². The van der Waals surface area contributed by atoms with Gasteiger partial charge in [0.2, 0.25) is 5.91 Å². The van der Waals surface area contributed by atoms with Crippen LogP contribution < -0.4 is 5.73 Å². The summed E-state index contributed by atoms with van der Waals surface area (Å²) in [6.45, 7) is 3.05. The molecular weight excluding hydrogens is 266 g/mol. The van der Waals surface area contributed by atoms with E-state index in [1.165, 1.54) is 0 Å². The van der Waals surface area contributed by atoms with Crippen molar-refractivity contribution in [1.29, 1.82) is 0 Å². The van der Waals surface area contributed by atoms with E-state index in [9.17, 15) is 9.90 Å². The summed E-state index contributed by atoms with van der Waals surface area (Å²) in [5, 5.41) is 10.2. The average molecular weight is 291 g/mol. The SMILES string of the molecule is CN(CC(=O)N1CCCC1)CC(O)c1ccc(CN)cc1. The Morgan fingerprint density at radius 1 is 1.33 bits per heavy atom. The number of hydrogen-bond donors (Lipinski definition) is 2. The number of hydrogen-bond acceptors (Lipinski definition) is 4. The second-order valence-corrected chi connectivity index (χ2v) is 5.75. The number of nitrogens with zero attached hydrogens (tertiary/aromatic N) is 2. The zero-order chi connectivity index (χ0) is 15.2. The summed E-state index contributed by atoms with van der Waals surface area (Å²) in [4.78, 5) is 15.8. The molecule has 0 saturated carbocycles. The first-order valence-corrected chi connectivity index (χ1v) is 7.53. The largest absolute Gasteiger partial charge is 0.387 e. The lowest BCUT2D eigenvalue weighted by Crippen LogP contribution is -2.38. The molecule has 0 radical (unpaired) electrons. The molecule has 1 saturated heterocycles. The third kappa shape index (κ3) is 4.52. The fraction of sp³-hybridized carbons (Fsp3) is 0.562. The van der Waals surface area contributed by atoms with Crippen LogP contribution in [0, 0.1) is 0 Å². The first-order chi connectivity index (χ1) is 10.1. The van der Waals surface area contributed by atoms with Gasteiger partial charge in [0.05, 0.1) is 12.6 Å². The second-order valence-electron chi connectivity index (χ2n) is 5.75. The molecule has 1 unspecified atom stereocenters. The predicted octanol–water partition coefficient (Wildman–Crippen LogP) is 0.733. The van der Waals surface area contributed by atoms with Crippen molar-refractivity contribution < 1.29 is 9.90 Å². The van der Waals surface area contributed by atoms with E-state index in [0.717, 1.165) is 37.1 Å². The van der Waals surface area contributed by atoms with Gasteiger partial charge >= 0.3 is 0 Å². The van der Waals surface area contributed by atoms with Crippen molar-refractivity contribution in [2.75, 3.05) is 33.2 Å². The molecule has 0 aromatic heterocycles. The molecular formula is C16H25N3O2. The van der Waals surface area contributed by atoms with Gasteiger partial charge in [0.1, 0.15) is 0 Å². The number of nitrogens with two attached hydrogens (primary N) is 1. The molecule has 1 aromatic rings. The smallest absolute Gasteiger partial charge is 0.236 e. The Labute approximate surface area is 126 Å². The summed E-state index contributed by atoms with van der Waals surface area (Å²) in [6, 6.07) is 7.63. The molecule has 1 aromatic carbocycles. The van der Waals surface area contributed by atoms with Gasteiger partial charge in [-0.1, -0.05) is 24.3 Å². The van der Waals surface area contributed by atoms with Gasteiger partial charge in [-0.2, -0.15) is 0 Å². The van der Waals surface area contributed by atoms with Gasteiger partial charge in [-0.15, -0.1) is 0 Å². The summed E-state index contributed by atoms with van der Waals surface area (Å²) < 4.78 is 0. The monoisotopic (exact) mass is 291 g/mol. The van der Waals surface area contributed by atoms with Gasteiger partial charge in [0, 0.05) is 26.2 Å². The van der Waals surface area contributed by atoms with Gasteiger partial charge in [-0.3, -0.25) is 9.69 Å². The van der Waals surface area contributed by atoms with Crippen LogP contribution in [0.5, 0.6) is 0 Å². The van der Waals surface area contributed by atoms with E-state index in [1.54, 1.807) is 0 Å². The minimum atomic E-state index is -0.590. The Bertz CT molecular complexity index is 455. The van der Waals surface area contributed by atoms with Crippen LogP contribution >= 0.6 is 0 Å². The number of likely N-dealkylation sites (tertiary alicyclic amines) is 1. The molecule has 3 N–H and O–H groups in total. The molecule has 21 heavy (non-hydrogen) atoms. The van der Waals surface area contributed by atoms with Gasteiger partial charge < -0.3 is 15.7 Å². The molecule has 116 valence electrons. The maximum absolute atomic E-state index is 12.0. The Kier molecular flexibility index (Phi) is 5.73. The van der Waals surface area contributed by atoms with E-state index in [2.05, 4.69) is 0 Å². The van der Waals surface area contributed by atoms with E-state index in [-0.39, 0.29) is 5.91 Å². The number of carbonyl (C=O) groups is 1. The number of aliphatic hydroxyl groups excluding tert-OH is 1. The molecule has 0 bridgehead atoms. The molecule has 0 aliphatic carbocycles. The molecule has 1 amide bonds. The quantitative estimate of drug-likeness (QED) is 0.811. The molecule has 1 atom stereocenters. The summed E-state index contributed by atoms with van der Waals surface area (Å²) in [6.07, 6.45) is 1.62. The van der Waals surface area contributed by atoms with Crippen LogP contribution in [-0.2, 0) is 11.3 Å². The maximum atomic E-state index is 12.0. The molecule has 5 nitrogen and oxygen atoms in total. The third-order valence-corrected chi connectivity index (χ3v) is 3.95. The first-order valence-electron chi connectivity index (χ1n) is 7.53. The standard InChI is InChI=1S/C16H25N3O2/c1-18(12-16(21)19-8-2-3-9-19)11-15(20)14-6-4-13(10-17)5-7-14/h4-7,15,20H,2-3,8-12,17H2,1H3. The normalized spacial score (nSPS) is 16.5. The highest BCUT2D eigenvalue weighted by Crippen LogP contribution is 2.15. The van der Waals surface area contributed by atoms with Gasteiger partial charge in [0.25, 0.3) is 0 Å². The fourth-order valence-electron chi connectivity index (χ4n) is 2.64. The molecule has 1 heterocycles. The molecule has 5 heteroatoms. The number of carbonyl (C=O) groups excluding carboxylic acids is 1. The van der Waals surface area contributed by atoms with Crippen molar-refractivity contribution in [2.45, 2.75) is 25.5 Å². The van der Waals surface area contributed by atoms with Crippen LogP contribution in [0.15, 0.2) is 24.3 Å². The zero-order valence-electron chi connectivity index (χ0n) is 12.7. The van der Waals surface area contributed by atoms with Crippen molar-refractivity contribution in [3.05, 3.63) is 35.4 Å². The molecule has 0 spiro atoms. The number of benzene rings is 1. The Hall–Kier alpha value is -1.43. The minimum absolute atomic E-state index is 0.153.